The Bertz CT molecular complexity index is 989. The van der Waals surface area contributed by atoms with Crippen LogP contribution >= 0.6 is 0 Å². The van der Waals surface area contributed by atoms with E-state index in [1.165, 1.54) is 11.3 Å². The Kier molecular flexibility index (Phi) is 4.90. The predicted octanol–water partition coefficient (Wildman–Crippen LogP) is 4.28. The van der Waals surface area contributed by atoms with Gasteiger partial charge in [0, 0.05) is 38.2 Å². The van der Waals surface area contributed by atoms with Crippen LogP contribution in [0, 0.1) is 5.92 Å². The lowest BCUT2D eigenvalue weighted by atomic mass is 10.1. The van der Waals surface area contributed by atoms with Crippen molar-refractivity contribution in [2.45, 2.75) is 26.9 Å². The Morgan fingerprint density at radius 2 is 1.93 bits per heavy atom. The van der Waals surface area contributed by atoms with Crippen LogP contribution in [0.1, 0.15) is 35.3 Å². The summed E-state index contributed by atoms with van der Waals surface area (Å²) < 4.78 is 7.89. The van der Waals surface area contributed by atoms with Crippen molar-refractivity contribution >= 4 is 5.91 Å². The van der Waals surface area contributed by atoms with Gasteiger partial charge in [-0.2, -0.15) is 0 Å². The number of carbonyl (C=O) groups is 1. The highest BCUT2D eigenvalue weighted by Gasteiger charge is 2.31. The zero-order chi connectivity index (χ0) is 19.7. The molecule has 3 aromatic rings. The van der Waals surface area contributed by atoms with Crippen molar-refractivity contribution in [1.82, 2.24) is 14.5 Å². The molecular weight excluding hydrogens is 350 g/mol. The first-order chi connectivity index (χ1) is 13.5. The van der Waals surface area contributed by atoms with Crippen LogP contribution in [0.25, 0.3) is 11.3 Å². The number of amides is 1. The molecule has 0 bridgehead atoms. The van der Waals surface area contributed by atoms with Crippen molar-refractivity contribution < 1.29 is 9.53 Å². The topological polar surface area (TPSA) is 47.4 Å². The van der Waals surface area contributed by atoms with Crippen LogP contribution in [-0.4, -0.2) is 27.0 Å². The van der Waals surface area contributed by atoms with Gasteiger partial charge in [0.15, 0.2) is 0 Å². The number of aromatic nitrogens is 2. The van der Waals surface area contributed by atoms with E-state index in [0.717, 1.165) is 11.1 Å². The van der Waals surface area contributed by atoms with Gasteiger partial charge in [-0.05, 0) is 40.8 Å². The number of fused-ring (bicyclic) bond motifs is 1. The molecule has 5 nitrogen and oxygen atoms in total. The average molecular weight is 375 g/mol. The molecule has 0 saturated heterocycles. The van der Waals surface area contributed by atoms with E-state index in [1.54, 1.807) is 6.20 Å². The second-order valence-electron chi connectivity index (χ2n) is 7.72. The van der Waals surface area contributed by atoms with E-state index in [2.05, 4.69) is 53.7 Å². The third-order valence-electron chi connectivity index (χ3n) is 4.99. The molecular formula is C23H25N3O2. The first-order valence-electron chi connectivity index (χ1n) is 9.63. The predicted molar refractivity (Wildman–Crippen MR) is 109 cm³/mol. The number of rotatable bonds is 6. The average Bonchev–Trinajstić information content (AvgIpc) is 3.24. The minimum atomic E-state index is -0.00614. The Morgan fingerprint density at radius 3 is 2.61 bits per heavy atom. The molecule has 1 amide bonds. The minimum absolute atomic E-state index is 0.00614. The van der Waals surface area contributed by atoms with Crippen molar-refractivity contribution in [2.75, 3.05) is 6.61 Å². The summed E-state index contributed by atoms with van der Waals surface area (Å²) in [6.45, 7) is 5.88. The normalized spacial score (nSPS) is 13.3. The maximum atomic E-state index is 13.0. The fraction of sp³-hybridized carbons (Fsp3) is 0.304. The molecule has 1 aliphatic heterocycles. The van der Waals surface area contributed by atoms with Crippen LogP contribution in [0.15, 0.2) is 54.9 Å². The SMILES string of the molecule is CC(C)COc1nccc2c1C(=O)N(Cc1ccc(-c3cccn3C)cc1)C2. The second kappa shape index (κ2) is 7.50. The van der Waals surface area contributed by atoms with E-state index >= 15 is 0 Å². The van der Waals surface area contributed by atoms with E-state index in [1.807, 2.05) is 30.3 Å². The molecule has 0 atom stereocenters. The maximum Gasteiger partial charge on any atom is 0.260 e. The molecule has 0 radical (unpaired) electrons. The lowest BCUT2D eigenvalue weighted by molar-refractivity contribution is 0.0762. The smallest absolute Gasteiger partial charge is 0.260 e. The van der Waals surface area contributed by atoms with Gasteiger partial charge in [-0.15, -0.1) is 0 Å². The molecule has 28 heavy (non-hydrogen) atoms. The van der Waals surface area contributed by atoms with Gasteiger partial charge >= 0.3 is 0 Å². The van der Waals surface area contributed by atoms with Gasteiger partial charge in [0.1, 0.15) is 5.56 Å². The van der Waals surface area contributed by atoms with Crippen LogP contribution < -0.4 is 4.74 Å². The molecule has 3 heterocycles. The first kappa shape index (κ1) is 18.3. The summed E-state index contributed by atoms with van der Waals surface area (Å²) in [5, 5.41) is 0. The first-order valence-corrected chi connectivity index (χ1v) is 9.63. The summed E-state index contributed by atoms with van der Waals surface area (Å²) in [4.78, 5) is 19.1. The Labute approximate surface area is 165 Å². The molecule has 2 aromatic heterocycles. The van der Waals surface area contributed by atoms with Crippen LogP contribution in [0.4, 0.5) is 0 Å². The van der Waals surface area contributed by atoms with Crippen LogP contribution in [0.5, 0.6) is 5.88 Å². The van der Waals surface area contributed by atoms with Crippen molar-refractivity contribution in [3.63, 3.8) is 0 Å². The van der Waals surface area contributed by atoms with E-state index in [0.29, 0.717) is 37.1 Å². The standard InChI is InChI=1S/C23H25N3O2/c1-16(2)15-28-22-21-19(10-11-24-22)14-26(23(21)27)13-17-6-8-18(9-7-17)20-5-4-12-25(20)3/h4-12,16H,13-15H2,1-3H3. The zero-order valence-electron chi connectivity index (χ0n) is 16.6. The molecule has 1 aliphatic rings. The van der Waals surface area contributed by atoms with Crippen LogP contribution in [0.2, 0.25) is 0 Å². The lowest BCUT2D eigenvalue weighted by Gasteiger charge is -2.16. The van der Waals surface area contributed by atoms with Crippen molar-refractivity contribution in [2.24, 2.45) is 13.0 Å². The Hall–Kier alpha value is -3.08. The quantitative estimate of drug-likeness (QED) is 0.646. The van der Waals surface area contributed by atoms with Crippen molar-refractivity contribution in [3.05, 3.63) is 71.5 Å². The maximum absolute atomic E-state index is 13.0. The molecule has 144 valence electrons. The highest BCUT2D eigenvalue weighted by Crippen LogP contribution is 2.30. The summed E-state index contributed by atoms with van der Waals surface area (Å²) >= 11 is 0. The largest absolute Gasteiger partial charge is 0.477 e. The molecule has 0 N–H and O–H groups in total. The summed E-state index contributed by atoms with van der Waals surface area (Å²) in [7, 11) is 2.04. The van der Waals surface area contributed by atoms with Gasteiger partial charge < -0.3 is 14.2 Å². The summed E-state index contributed by atoms with van der Waals surface area (Å²) in [5.41, 5.74) is 5.05. The fourth-order valence-corrected chi connectivity index (χ4v) is 3.52. The van der Waals surface area contributed by atoms with Crippen LogP contribution in [0.3, 0.4) is 0 Å². The number of benzene rings is 1. The summed E-state index contributed by atoms with van der Waals surface area (Å²) in [6.07, 6.45) is 3.76. The van der Waals surface area contributed by atoms with Crippen molar-refractivity contribution in [3.8, 4) is 17.1 Å². The van der Waals surface area contributed by atoms with Gasteiger partial charge in [-0.3, -0.25) is 4.79 Å². The monoisotopic (exact) mass is 375 g/mol. The minimum Gasteiger partial charge on any atom is -0.477 e. The van der Waals surface area contributed by atoms with Gasteiger partial charge in [0.25, 0.3) is 5.91 Å². The molecule has 0 unspecified atom stereocenters. The number of aryl methyl sites for hydroxylation is 1. The molecule has 1 aromatic carbocycles. The van der Waals surface area contributed by atoms with E-state index in [9.17, 15) is 4.79 Å². The number of ether oxygens (including phenoxy) is 1. The van der Waals surface area contributed by atoms with E-state index in [-0.39, 0.29) is 5.91 Å². The number of pyridine rings is 1. The number of hydrogen-bond acceptors (Lipinski definition) is 3. The highest BCUT2D eigenvalue weighted by atomic mass is 16.5. The summed E-state index contributed by atoms with van der Waals surface area (Å²) in [5.74, 6) is 0.833. The summed E-state index contributed by atoms with van der Waals surface area (Å²) in [6, 6.07) is 14.4. The number of nitrogens with zero attached hydrogens (tertiary/aromatic N) is 3. The van der Waals surface area contributed by atoms with Gasteiger partial charge in [0.05, 0.1) is 6.61 Å². The fourth-order valence-electron chi connectivity index (χ4n) is 3.52. The molecule has 0 aliphatic carbocycles. The third-order valence-corrected chi connectivity index (χ3v) is 4.99. The Morgan fingerprint density at radius 1 is 1.14 bits per heavy atom. The lowest BCUT2D eigenvalue weighted by Crippen LogP contribution is -2.23. The van der Waals surface area contributed by atoms with Gasteiger partial charge in [-0.1, -0.05) is 38.1 Å². The number of hydrogen-bond donors (Lipinski definition) is 0. The number of carbonyl (C=O) groups excluding carboxylic acids is 1. The van der Waals surface area contributed by atoms with Gasteiger partial charge in [-0.25, -0.2) is 4.98 Å². The highest BCUT2D eigenvalue weighted by molar-refractivity contribution is 6.00. The molecule has 0 saturated carbocycles. The van der Waals surface area contributed by atoms with Crippen molar-refractivity contribution in [1.29, 1.82) is 0 Å². The second-order valence-corrected chi connectivity index (χ2v) is 7.72. The Balaban J connectivity index is 1.49. The van der Waals surface area contributed by atoms with E-state index < -0.39 is 0 Å². The van der Waals surface area contributed by atoms with Crippen LogP contribution in [-0.2, 0) is 20.1 Å². The zero-order valence-corrected chi connectivity index (χ0v) is 16.6. The third kappa shape index (κ3) is 3.52. The molecule has 4 rings (SSSR count). The molecule has 0 fully saturated rings. The van der Waals surface area contributed by atoms with Gasteiger partial charge in [0.2, 0.25) is 5.88 Å². The van der Waals surface area contributed by atoms with E-state index in [4.69, 9.17) is 4.74 Å². The molecule has 0 spiro atoms. The molecule has 5 heteroatoms.